The first kappa shape index (κ1) is 20.4. The molecule has 0 atom stereocenters. The maximum absolute atomic E-state index is 12.5. The van der Waals surface area contributed by atoms with Crippen LogP contribution in [-0.4, -0.2) is 43.6 Å². The predicted molar refractivity (Wildman–Crippen MR) is 123 cm³/mol. The highest BCUT2D eigenvalue weighted by molar-refractivity contribution is 5.81. The number of piperidine rings is 1. The van der Waals surface area contributed by atoms with Crippen molar-refractivity contribution in [1.29, 1.82) is 0 Å². The SMILES string of the molecule is Cc1ccc(-c2nc(-c3ccc4c(c3)ncn4CCC(=O)N3CCCCC3)no2)cc1C. The summed E-state index contributed by atoms with van der Waals surface area (Å²) in [5.74, 6) is 1.27. The topological polar surface area (TPSA) is 77.1 Å². The fourth-order valence-corrected chi connectivity index (χ4v) is 4.23. The highest BCUT2D eigenvalue weighted by Gasteiger charge is 2.17. The molecule has 3 heterocycles. The average Bonchev–Trinajstić information content (AvgIpc) is 3.47. The standard InChI is InChI=1S/C25H27N5O2/c1-17-6-7-20(14-18(17)2)25-27-24(28-32-25)19-8-9-22-21(15-19)26-16-30(22)13-10-23(31)29-11-4-3-5-12-29/h6-9,14-16H,3-5,10-13H2,1-2H3. The lowest BCUT2D eigenvalue weighted by atomic mass is 10.1. The van der Waals surface area contributed by atoms with Crippen LogP contribution in [0.1, 0.15) is 36.8 Å². The highest BCUT2D eigenvalue weighted by Crippen LogP contribution is 2.26. The molecular formula is C25H27N5O2. The lowest BCUT2D eigenvalue weighted by Gasteiger charge is -2.26. The van der Waals surface area contributed by atoms with Crippen molar-refractivity contribution in [2.24, 2.45) is 0 Å². The van der Waals surface area contributed by atoms with Crippen LogP contribution in [0, 0.1) is 13.8 Å². The van der Waals surface area contributed by atoms with Gasteiger partial charge in [-0.2, -0.15) is 4.98 Å². The molecule has 5 rings (SSSR count). The number of carbonyl (C=O) groups excluding carboxylic acids is 1. The molecule has 2 aromatic heterocycles. The summed E-state index contributed by atoms with van der Waals surface area (Å²) in [5.41, 5.74) is 6.03. The third-order valence-electron chi connectivity index (χ3n) is 6.33. The number of benzene rings is 2. The molecule has 0 unspecified atom stereocenters. The second kappa shape index (κ2) is 8.57. The summed E-state index contributed by atoms with van der Waals surface area (Å²) in [6.07, 6.45) is 5.75. The molecule has 7 heteroatoms. The number of imidazole rings is 1. The van der Waals surface area contributed by atoms with Gasteiger partial charge < -0.3 is 14.0 Å². The summed E-state index contributed by atoms with van der Waals surface area (Å²) in [4.78, 5) is 23.6. The highest BCUT2D eigenvalue weighted by atomic mass is 16.5. The van der Waals surface area contributed by atoms with E-state index in [2.05, 4.69) is 41.1 Å². The number of aromatic nitrogens is 4. The number of hydrogen-bond donors (Lipinski definition) is 0. The van der Waals surface area contributed by atoms with E-state index in [9.17, 15) is 4.79 Å². The molecule has 1 fully saturated rings. The quantitative estimate of drug-likeness (QED) is 0.457. The Morgan fingerprint density at radius 2 is 1.81 bits per heavy atom. The van der Waals surface area contributed by atoms with Crippen molar-refractivity contribution in [2.45, 2.75) is 46.1 Å². The van der Waals surface area contributed by atoms with Gasteiger partial charge in [-0.05, 0) is 74.6 Å². The van der Waals surface area contributed by atoms with E-state index in [1.807, 2.05) is 33.7 Å². The van der Waals surface area contributed by atoms with E-state index in [-0.39, 0.29) is 5.91 Å². The zero-order valence-electron chi connectivity index (χ0n) is 18.5. The molecule has 0 bridgehead atoms. The minimum absolute atomic E-state index is 0.230. The van der Waals surface area contributed by atoms with E-state index in [0.29, 0.717) is 24.7 Å². The van der Waals surface area contributed by atoms with Crippen molar-refractivity contribution in [3.05, 3.63) is 53.9 Å². The summed E-state index contributed by atoms with van der Waals surface area (Å²) in [6, 6.07) is 12.1. The van der Waals surface area contributed by atoms with Crippen molar-refractivity contribution < 1.29 is 9.32 Å². The van der Waals surface area contributed by atoms with E-state index in [1.165, 1.54) is 17.5 Å². The van der Waals surface area contributed by atoms with Crippen LogP contribution in [0.5, 0.6) is 0 Å². The fraction of sp³-hybridized carbons (Fsp3) is 0.360. The van der Waals surface area contributed by atoms with E-state index in [1.54, 1.807) is 6.33 Å². The molecule has 164 valence electrons. The Morgan fingerprint density at radius 3 is 2.62 bits per heavy atom. The number of amides is 1. The van der Waals surface area contributed by atoms with Gasteiger partial charge in [0.05, 0.1) is 17.4 Å². The molecule has 2 aromatic carbocycles. The third-order valence-corrected chi connectivity index (χ3v) is 6.33. The Hall–Kier alpha value is -3.48. The summed E-state index contributed by atoms with van der Waals surface area (Å²) in [5, 5.41) is 4.17. The molecule has 0 aliphatic carbocycles. The number of nitrogens with zero attached hydrogens (tertiary/aromatic N) is 5. The van der Waals surface area contributed by atoms with Gasteiger partial charge in [0.25, 0.3) is 5.89 Å². The van der Waals surface area contributed by atoms with Gasteiger partial charge >= 0.3 is 0 Å². The zero-order chi connectivity index (χ0) is 22.1. The fourth-order valence-electron chi connectivity index (χ4n) is 4.23. The van der Waals surface area contributed by atoms with Crippen molar-refractivity contribution in [3.8, 4) is 22.8 Å². The average molecular weight is 430 g/mol. The molecule has 1 aliphatic heterocycles. The molecule has 0 radical (unpaired) electrons. The summed E-state index contributed by atoms with van der Waals surface area (Å²) >= 11 is 0. The van der Waals surface area contributed by atoms with Crippen molar-refractivity contribution in [1.82, 2.24) is 24.6 Å². The maximum Gasteiger partial charge on any atom is 0.258 e. The van der Waals surface area contributed by atoms with E-state index in [4.69, 9.17) is 4.52 Å². The molecule has 0 saturated carbocycles. The Morgan fingerprint density at radius 1 is 1.00 bits per heavy atom. The van der Waals surface area contributed by atoms with Gasteiger partial charge in [-0.1, -0.05) is 11.2 Å². The number of carbonyl (C=O) groups is 1. The number of fused-ring (bicyclic) bond motifs is 1. The van der Waals surface area contributed by atoms with Crippen LogP contribution in [0.25, 0.3) is 33.9 Å². The van der Waals surface area contributed by atoms with E-state index >= 15 is 0 Å². The van der Waals surface area contributed by atoms with E-state index in [0.717, 1.165) is 48.1 Å². The predicted octanol–water partition coefficient (Wildman–Crippen LogP) is 4.77. The maximum atomic E-state index is 12.5. The van der Waals surface area contributed by atoms with Crippen molar-refractivity contribution >= 4 is 16.9 Å². The molecule has 7 nitrogen and oxygen atoms in total. The van der Waals surface area contributed by atoms with Gasteiger partial charge in [-0.15, -0.1) is 0 Å². The Bertz CT molecular complexity index is 1270. The lowest BCUT2D eigenvalue weighted by Crippen LogP contribution is -2.35. The van der Waals surface area contributed by atoms with Crippen LogP contribution >= 0.6 is 0 Å². The van der Waals surface area contributed by atoms with E-state index < -0.39 is 0 Å². The van der Waals surface area contributed by atoms with Crippen LogP contribution in [0.2, 0.25) is 0 Å². The van der Waals surface area contributed by atoms with Crippen LogP contribution in [0.3, 0.4) is 0 Å². The number of rotatable bonds is 5. The van der Waals surface area contributed by atoms with Crippen LogP contribution < -0.4 is 0 Å². The largest absolute Gasteiger partial charge is 0.343 e. The Balaban J connectivity index is 1.32. The first-order chi connectivity index (χ1) is 15.6. The number of likely N-dealkylation sites (tertiary alicyclic amines) is 1. The molecule has 1 saturated heterocycles. The Labute approximate surface area is 187 Å². The molecule has 1 aliphatic rings. The lowest BCUT2D eigenvalue weighted by molar-refractivity contribution is -0.132. The van der Waals surface area contributed by atoms with Gasteiger partial charge in [0.2, 0.25) is 11.7 Å². The van der Waals surface area contributed by atoms with Crippen LogP contribution in [0.15, 0.2) is 47.2 Å². The summed E-state index contributed by atoms with van der Waals surface area (Å²) < 4.78 is 7.55. The normalized spacial score (nSPS) is 14.2. The monoisotopic (exact) mass is 429 g/mol. The molecule has 0 spiro atoms. The van der Waals surface area contributed by atoms with Crippen molar-refractivity contribution in [2.75, 3.05) is 13.1 Å². The molecule has 1 amide bonds. The van der Waals surface area contributed by atoms with Gasteiger partial charge in [0, 0.05) is 37.2 Å². The first-order valence-corrected chi connectivity index (χ1v) is 11.2. The number of hydrogen-bond acceptors (Lipinski definition) is 5. The third kappa shape index (κ3) is 4.02. The van der Waals surface area contributed by atoms with Gasteiger partial charge in [0.1, 0.15) is 0 Å². The smallest absolute Gasteiger partial charge is 0.258 e. The molecular weight excluding hydrogens is 402 g/mol. The van der Waals surface area contributed by atoms with Gasteiger partial charge in [0.15, 0.2) is 0 Å². The van der Waals surface area contributed by atoms with Crippen LogP contribution in [0.4, 0.5) is 0 Å². The molecule has 0 N–H and O–H groups in total. The minimum atomic E-state index is 0.230. The summed E-state index contributed by atoms with van der Waals surface area (Å²) in [7, 11) is 0. The summed E-state index contributed by atoms with van der Waals surface area (Å²) in [6.45, 7) is 6.56. The van der Waals surface area contributed by atoms with Crippen LogP contribution in [-0.2, 0) is 11.3 Å². The minimum Gasteiger partial charge on any atom is -0.343 e. The second-order valence-corrected chi connectivity index (χ2v) is 8.56. The molecule has 32 heavy (non-hydrogen) atoms. The molecule has 4 aromatic rings. The van der Waals surface area contributed by atoms with Crippen molar-refractivity contribution in [3.63, 3.8) is 0 Å². The zero-order valence-corrected chi connectivity index (χ0v) is 18.5. The van der Waals surface area contributed by atoms with Gasteiger partial charge in [-0.25, -0.2) is 4.98 Å². The second-order valence-electron chi connectivity index (χ2n) is 8.56. The number of aryl methyl sites for hydroxylation is 3. The Kier molecular flexibility index (Phi) is 5.47. The van der Waals surface area contributed by atoms with Gasteiger partial charge in [-0.3, -0.25) is 4.79 Å². The first-order valence-electron chi connectivity index (χ1n) is 11.2.